The average molecular weight is 780 g/mol. The molecule has 2 atom stereocenters. The van der Waals surface area contributed by atoms with Crippen LogP contribution in [-0.4, -0.2) is 118 Å². The lowest BCUT2D eigenvalue weighted by molar-refractivity contribution is -0.158. The van der Waals surface area contributed by atoms with Crippen LogP contribution in [0.5, 0.6) is 0 Å². The monoisotopic (exact) mass is 779 g/mol. The van der Waals surface area contributed by atoms with Gasteiger partial charge in [0.05, 0.1) is 6.42 Å². The molecule has 2 amide bonds. The molecule has 0 rings (SSSR count). The van der Waals surface area contributed by atoms with E-state index < -0.39 is 64.2 Å². The highest BCUT2D eigenvalue weighted by Crippen LogP contribution is 2.17. The van der Waals surface area contributed by atoms with Crippen molar-refractivity contribution in [2.75, 3.05) is 42.6 Å². The quantitative estimate of drug-likeness (QED) is 0.0808. The number of hydrogen-bond acceptors (Lipinski definition) is 13. The normalized spacial score (nSPS) is 13.8. The standard InChI is InChI=1S/C37H69N3O10S2/c1-33(2,3)46-28(41)16-19-40(20-24-51-22-17-26(29(42)47-34(4,5)6)38-31(44)49-36(10,11)12)21-25-52-23-18-27(30(43)48-35(7,8)9)39-32(45)50-37(13,14)15/h26-27H,16-25H2,1-15H3,(H,38,44)(H,39,45). The summed E-state index contributed by atoms with van der Waals surface area (Å²) in [5.74, 6) is 1.26. The van der Waals surface area contributed by atoms with Crippen LogP contribution in [0.2, 0.25) is 0 Å². The number of thioether (sulfide) groups is 2. The fraction of sp³-hybridized carbons (Fsp3) is 0.865. The van der Waals surface area contributed by atoms with Crippen LogP contribution in [0.15, 0.2) is 0 Å². The van der Waals surface area contributed by atoms with Gasteiger partial charge in [0.1, 0.15) is 40.1 Å². The van der Waals surface area contributed by atoms with E-state index in [9.17, 15) is 24.0 Å². The van der Waals surface area contributed by atoms with Crippen LogP contribution in [0.25, 0.3) is 0 Å². The number of hydrogen-bond donors (Lipinski definition) is 2. The van der Waals surface area contributed by atoms with Crippen LogP contribution in [0.4, 0.5) is 9.59 Å². The third kappa shape index (κ3) is 29.1. The molecular weight excluding hydrogens is 711 g/mol. The first-order valence-electron chi connectivity index (χ1n) is 18.0. The number of carbonyl (C=O) groups is 5. The summed E-state index contributed by atoms with van der Waals surface area (Å²) in [6.07, 6.45) is -0.437. The van der Waals surface area contributed by atoms with E-state index in [-0.39, 0.29) is 12.4 Å². The highest BCUT2D eigenvalue weighted by atomic mass is 32.2. The van der Waals surface area contributed by atoms with Crippen molar-refractivity contribution in [3.05, 3.63) is 0 Å². The number of ether oxygens (including phenoxy) is 5. The maximum atomic E-state index is 12.9. The lowest BCUT2D eigenvalue weighted by atomic mass is 10.1. The molecule has 0 spiro atoms. The van der Waals surface area contributed by atoms with Gasteiger partial charge in [0, 0.05) is 31.1 Å². The van der Waals surface area contributed by atoms with Gasteiger partial charge in [-0.2, -0.15) is 23.5 Å². The van der Waals surface area contributed by atoms with Gasteiger partial charge in [-0.15, -0.1) is 0 Å². The maximum absolute atomic E-state index is 12.9. The van der Waals surface area contributed by atoms with Gasteiger partial charge in [-0.3, -0.25) is 4.79 Å². The number of nitrogens with one attached hydrogen (secondary N) is 2. The molecule has 0 fully saturated rings. The molecule has 0 aromatic heterocycles. The minimum absolute atomic E-state index is 0.230. The molecule has 0 heterocycles. The fourth-order valence-electron chi connectivity index (χ4n) is 4.11. The predicted octanol–water partition coefficient (Wildman–Crippen LogP) is 6.74. The lowest BCUT2D eigenvalue weighted by Gasteiger charge is -2.26. The highest BCUT2D eigenvalue weighted by Gasteiger charge is 2.30. The number of nitrogens with zero attached hydrogens (tertiary/aromatic N) is 1. The zero-order chi connectivity index (χ0) is 40.6. The summed E-state index contributed by atoms with van der Waals surface area (Å²) in [5.41, 5.74) is -3.43. The number of alkyl carbamates (subject to hydrolysis) is 2. The lowest BCUT2D eigenvalue weighted by Crippen LogP contribution is -2.46. The van der Waals surface area contributed by atoms with Crippen molar-refractivity contribution < 1.29 is 47.7 Å². The molecule has 0 radical (unpaired) electrons. The highest BCUT2D eigenvalue weighted by molar-refractivity contribution is 7.99. The largest absolute Gasteiger partial charge is 0.460 e. The Morgan fingerprint density at radius 2 is 0.808 bits per heavy atom. The van der Waals surface area contributed by atoms with Crippen molar-refractivity contribution in [2.45, 2.75) is 163 Å². The van der Waals surface area contributed by atoms with Gasteiger partial charge in [0.25, 0.3) is 0 Å². The molecule has 304 valence electrons. The molecule has 15 heteroatoms. The Kier molecular flexibility index (Phi) is 21.1. The molecule has 0 aliphatic heterocycles. The van der Waals surface area contributed by atoms with E-state index >= 15 is 0 Å². The van der Waals surface area contributed by atoms with Gasteiger partial charge in [0.2, 0.25) is 0 Å². The van der Waals surface area contributed by atoms with E-state index in [1.165, 1.54) is 0 Å². The molecular formula is C37H69N3O10S2. The molecule has 0 bridgehead atoms. The summed E-state index contributed by atoms with van der Waals surface area (Å²) >= 11 is 3.25. The van der Waals surface area contributed by atoms with Crippen LogP contribution >= 0.6 is 23.5 Å². The van der Waals surface area contributed by atoms with Gasteiger partial charge >= 0.3 is 30.1 Å². The number of esters is 3. The van der Waals surface area contributed by atoms with Crippen LogP contribution in [0.3, 0.4) is 0 Å². The Balaban J connectivity index is 5.34. The summed E-state index contributed by atoms with van der Waals surface area (Å²) < 4.78 is 27.3. The van der Waals surface area contributed by atoms with Gasteiger partial charge in [-0.25, -0.2) is 19.2 Å². The molecule has 0 saturated carbocycles. The van der Waals surface area contributed by atoms with Crippen molar-refractivity contribution in [1.82, 2.24) is 15.5 Å². The molecule has 13 nitrogen and oxygen atoms in total. The van der Waals surface area contributed by atoms with E-state index in [1.54, 1.807) is 107 Å². The summed E-state index contributed by atoms with van der Waals surface area (Å²) in [5, 5.41) is 5.32. The molecule has 0 aromatic carbocycles. The molecule has 0 aliphatic carbocycles. The molecule has 0 aromatic rings. The summed E-state index contributed by atoms with van der Waals surface area (Å²) in [4.78, 5) is 65.4. The minimum atomic E-state index is -0.865. The Hall–Kier alpha value is -2.39. The van der Waals surface area contributed by atoms with Crippen LogP contribution in [0, 0.1) is 0 Å². The number of amides is 2. The first-order valence-corrected chi connectivity index (χ1v) is 20.3. The molecule has 2 N–H and O–H groups in total. The number of carbonyl (C=O) groups excluding carboxylic acids is 5. The van der Waals surface area contributed by atoms with E-state index in [2.05, 4.69) is 15.5 Å². The molecule has 0 aliphatic rings. The van der Waals surface area contributed by atoms with Gasteiger partial charge in [0.15, 0.2) is 0 Å². The van der Waals surface area contributed by atoms with Crippen molar-refractivity contribution in [1.29, 1.82) is 0 Å². The molecule has 0 saturated heterocycles. The van der Waals surface area contributed by atoms with Crippen LogP contribution < -0.4 is 10.6 Å². The first kappa shape index (κ1) is 49.6. The minimum Gasteiger partial charge on any atom is -0.460 e. The zero-order valence-electron chi connectivity index (χ0n) is 34.6. The van der Waals surface area contributed by atoms with E-state index in [1.807, 2.05) is 20.8 Å². The van der Waals surface area contributed by atoms with Crippen molar-refractivity contribution >= 4 is 53.6 Å². The van der Waals surface area contributed by atoms with Crippen molar-refractivity contribution in [2.24, 2.45) is 0 Å². The van der Waals surface area contributed by atoms with Gasteiger partial charge in [-0.1, -0.05) is 0 Å². The Morgan fingerprint density at radius 1 is 0.481 bits per heavy atom. The zero-order valence-corrected chi connectivity index (χ0v) is 36.2. The predicted molar refractivity (Wildman–Crippen MR) is 209 cm³/mol. The second-order valence-corrected chi connectivity index (χ2v) is 19.9. The van der Waals surface area contributed by atoms with Gasteiger partial charge < -0.3 is 39.2 Å². The van der Waals surface area contributed by atoms with E-state index in [0.29, 0.717) is 55.5 Å². The Morgan fingerprint density at radius 3 is 1.12 bits per heavy atom. The first-order chi connectivity index (χ1) is 23.4. The van der Waals surface area contributed by atoms with Crippen molar-refractivity contribution in [3.63, 3.8) is 0 Å². The second kappa shape index (κ2) is 22.1. The summed E-state index contributed by atoms with van der Waals surface area (Å²) in [6, 6.07) is -1.73. The summed E-state index contributed by atoms with van der Waals surface area (Å²) in [6.45, 7) is 28.5. The second-order valence-electron chi connectivity index (χ2n) is 17.4. The summed E-state index contributed by atoms with van der Waals surface area (Å²) in [7, 11) is 0. The third-order valence-electron chi connectivity index (χ3n) is 6.02. The smallest absolute Gasteiger partial charge is 0.408 e. The Labute approximate surface area is 321 Å². The van der Waals surface area contributed by atoms with Gasteiger partial charge in [-0.05, 0) is 128 Å². The van der Waals surface area contributed by atoms with E-state index in [0.717, 1.165) is 0 Å². The average Bonchev–Trinajstić information content (AvgIpc) is 2.88. The van der Waals surface area contributed by atoms with E-state index in [4.69, 9.17) is 23.7 Å². The van der Waals surface area contributed by atoms with Crippen molar-refractivity contribution in [3.8, 4) is 0 Å². The fourth-order valence-corrected chi connectivity index (χ4v) is 6.10. The topological polar surface area (TPSA) is 159 Å². The third-order valence-corrected chi connectivity index (χ3v) is 8.01. The SMILES string of the molecule is CC(C)(C)OC(=O)CCN(CCSCCC(NC(=O)OC(C)(C)C)C(=O)OC(C)(C)C)CCSCCC(NC(=O)OC(C)(C)C)C(=O)OC(C)(C)C. The number of rotatable bonds is 19. The van der Waals surface area contributed by atoms with Crippen LogP contribution in [-0.2, 0) is 38.1 Å². The van der Waals surface area contributed by atoms with Crippen LogP contribution in [0.1, 0.15) is 123 Å². The maximum Gasteiger partial charge on any atom is 0.408 e. The molecule has 2 unspecified atom stereocenters. The Bertz CT molecular complexity index is 1060. The molecule has 52 heavy (non-hydrogen) atoms.